The molecule has 1 fully saturated rings. The van der Waals surface area contributed by atoms with Crippen LogP contribution in [0.15, 0.2) is 17.5 Å². The first-order valence-electron chi connectivity index (χ1n) is 7.96. The van der Waals surface area contributed by atoms with E-state index in [0.29, 0.717) is 24.4 Å². The van der Waals surface area contributed by atoms with Crippen molar-refractivity contribution in [1.29, 1.82) is 0 Å². The molecule has 0 saturated carbocycles. The minimum Gasteiger partial charge on any atom is -0.355 e. The summed E-state index contributed by atoms with van der Waals surface area (Å²) in [6, 6.07) is 3.62. The number of rotatable bonds is 7. The van der Waals surface area contributed by atoms with Gasteiger partial charge >= 0.3 is 0 Å². The Bertz CT molecular complexity index is 468. The zero-order valence-electron chi connectivity index (χ0n) is 13.1. The highest BCUT2D eigenvalue weighted by Crippen LogP contribution is 2.15. The Morgan fingerprint density at radius 3 is 2.73 bits per heavy atom. The molecule has 6 heteroatoms. The van der Waals surface area contributed by atoms with Gasteiger partial charge in [0.15, 0.2) is 0 Å². The van der Waals surface area contributed by atoms with Gasteiger partial charge in [0.25, 0.3) is 5.91 Å². The van der Waals surface area contributed by atoms with Crippen LogP contribution in [0, 0.1) is 5.92 Å². The Labute approximate surface area is 136 Å². The average molecular weight is 323 g/mol. The van der Waals surface area contributed by atoms with Crippen molar-refractivity contribution >= 4 is 23.2 Å². The third kappa shape index (κ3) is 5.77. The van der Waals surface area contributed by atoms with E-state index >= 15 is 0 Å². The van der Waals surface area contributed by atoms with Gasteiger partial charge in [-0.05, 0) is 43.3 Å². The third-order valence-corrected chi connectivity index (χ3v) is 4.88. The molecule has 1 aromatic rings. The van der Waals surface area contributed by atoms with Crippen molar-refractivity contribution in [1.82, 2.24) is 15.5 Å². The second-order valence-electron chi connectivity index (χ2n) is 5.86. The zero-order chi connectivity index (χ0) is 15.8. The molecule has 0 unspecified atom stereocenters. The molecule has 122 valence electrons. The van der Waals surface area contributed by atoms with Gasteiger partial charge in [0.05, 0.1) is 4.88 Å². The van der Waals surface area contributed by atoms with Crippen molar-refractivity contribution in [3.05, 3.63) is 22.4 Å². The molecule has 0 spiro atoms. The summed E-state index contributed by atoms with van der Waals surface area (Å²) in [7, 11) is 0. The van der Waals surface area contributed by atoms with Crippen LogP contribution in [0.4, 0.5) is 0 Å². The van der Waals surface area contributed by atoms with E-state index in [1.54, 1.807) is 6.07 Å². The van der Waals surface area contributed by atoms with Crippen molar-refractivity contribution in [2.75, 3.05) is 32.7 Å². The monoisotopic (exact) mass is 323 g/mol. The van der Waals surface area contributed by atoms with E-state index in [2.05, 4.69) is 22.5 Å². The lowest BCUT2D eigenvalue weighted by atomic mass is 9.99. The number of carbonyl (C=O) groups excluding carboxylic acids is 2. The molecule has 2 heterocycles. The van der Waals surface area contributed by atoms with Crippen molar-refractivity contribution in [2.24, 2.45) is 5.92 Å². The maximum Gasteiger partial charge on any atom is 0.261 e. The van der Waals surface area contributed by atoms with Crippen LogP contribution in [0.2, 0.25) is 0 Å². The first-order chi connectivity index (χ1) is 10.6. The van der Waals surface area contributed by atoms with Gasteiger partial charge in [-0.1, -0.05) is 13.0 Å². The smallest absolute Gasteiger partial charge is 0.261 e. The van der Waals surface area contributed by atoms with Crippen LogP contribution in [-0.4, -0.2) is 49.4 Å². The highest BCUT2D eigenvalue weighted by molar-refractivity contribution is 7.12. The minimum atomic E-state index is -0.106. The summed E-state index contributed by atoms with van der Waals surface area (Å²) in [5.41, 5.74) is 0. The minimum absolute atomic E-state index is 0.00291. The summed E-state index contributed by atoms with van der Waals surface area (Å²) in [5.74, 6) is 0.722. The largest absolute Gasteiger partial charge is 0.355 e. The van der Waals surface area contributed by atoms with Gasteiger partial charge < -0.3 is 15.5 Å². The number of hydrogen-bond acceptors (Lipinski definition) is 4. The van der Waals surface area contributed by atoms with Gasteiger partial charge in [-0.25, -0.2) is 0 Å². The maximum absolute atomic E-state index is 11.7. The van der Waals surface area contributed by atoms with Crippen molar-refractivity contribution < 1.29 is 9.59 Å². The summed E-state index contributed by atoms with van der Waals surface area (Å²) < 4.78 is 0. The normalized spacial score (nSPS) is 16.4. The van der Waals surface area contributed by atoms with E-state index in [1.165, 1.54) is 24.2 Å². The molecule has 0 radical (unpaired) electrons. The van der Waals surface area contributed by atoms with Gasteiger partial charge in [-0.2, -0.15) is 0 Å². The molecule has 0 aromatic carbocycles. The maximum atomic E-state index is 11.7. The fraction of sp³-hybridized carbons (Fsp3) is 0.625. The van der Waals surface area contributed by atoms with E-state index < -0.39 is 0 Å². The summed E-state index contributed by atoms with van der Waals surface area (Å²) in [6.45, 7) is 6.54. The van der Waals surface area contributed by atoms with E-state index in [0.717, 1.165) is 25.6 Å². The highest BCUT2D eigenvalue weighted by atomic mass is 32.1. The number of likely N-dealkylation sites (tertiary alicyclic amines) is 1. The predicted octanol–water partition coefficient (Wildman–Crippen LogP) is 1.72. The quantitative estimate of drug-likeness (QED) is 0.803. The Morgan fingerprint density at radius 2 is 2.05 bits per heavy atom. The van der Waals surface area contributed by atoms with Gasteiger partial charge in [0, 0.05) is 26.1 Å². The van der Waals surface area contributed by atoms with Crippen LogP contribution < -0.4 is 10.6 Å². The molecule has 22 heavy (non-hydrogen) atoms. The molecule has 0 bridgehead atoms. The molecule has 2 rings (SSSR count). The lowest BCUT2D eigenvalue weighted by Crippen LogP contribution is -2.39. The average Bonchev–Trinajstić information content (AvgIpc) is 3.03. The number of nitrogens with zero attached hydrogens (tertiary/aromatic N) is 1. The van der Waals surface area contributed by atoms with Gasteiger partial charge in [0.1, 0.15) is 0 Å². The zero-order valence-corrected chi connectivity index (χ0v) is 14.0. The van der Waals surface area contributed by atoms with Crippen LogP contribution in [-0.2, 0) is 4.79 Å². The Morgan fingerprint density at radius 1 is 1.27 bits per heavy atom. The van der Waals surface area contributed by atoms with Crippen LogP contribution in [0.5, 0.6) is 0 Å². The fourth-order valence-corrected chi connectivity index (χ4v) is 3.15. The summed E-state index contributed by atoms with van der Waals surface area (Å²) in [5, 5.41) is 7.55. The molecule has 1 aliphatic rings. The third-order valence-electron chi connectivity index (χ3n) is 4.01. The first kappa shape index (κ1) is 17.0. The summed E-state index contributed by atoms with van der Waals surface area (Å²) in [4.78, 5) is 26.5. The number of thiophene rings is 1. The van der Waals surface area contributed by atoms with Crippen LogP contribution >= 0.6 is 11.3 Å². The van der Waals surface area contributed by atoms with Gasteiger partial charge in [0.2, 0.25) is 5.91 Å². The molecule has 5 nitrogen and oxygen atoms in total. The van der Waals surface area contributed by atoms with Crippen LogP contribution in [0.1, 0.15) is 35.9 Å². The van der Waals surface area contributed by atoms with Crippen molar-refractivity contribution in [3.63, 3.8) is 0 Å². The number of piperidine rings is 1. The van der Waals surface area contributed by atoms with Crippen LogP contribution in [0.3, 0.4) is 0 Å². The summed E-state index contributed by atoms with van der Waals surface area (Å²) in [6.07, 6.45) is 2.83. The first-order valence-corrected chi connectivity index (χ1v) is 8.84. The lowest BCUT2D eigenvalue weighted by Gasteiger charge is -2.30. The topological polar surface area (TPSA) is 61.4 Å². The molecule has 0 atom stereocenters. The number of hydrogen-bond donors (Lipinski definition) is 2. The molecule has 2 amide bonds. The number of carbonyl (C=O) groups is 2. The van der Waals surface area contributed by atoms with Crippen molar-refractivity contribution in [3.8, 4) is 0 Å². The molecule has 1 saturated heterocycles. The summed E-state index contributed by atoms with van der Waals surface area (Å²) >= 11 is 1.40. The molecule has 1 aliphatic heterocycles. The fourth-order valence-electron chi connectivity index (χ4n) is 2.51. The Kier molecular flexibility index (Phi) is 6.86. The SMILES string of the molecule is CC1CCN(CCNC(=O)CCNC(=O)c2cccs2)CC1. The van der Waals surface area contributed by atoms with Gasteiger partial charge in [-0.15, -0.1) is 11.3 Å². The molecule has 1 aromatic heterocycles. The van der Waals surface area contributed by atoms with Gasteiger partial charge in [-0.3, -0.25) is 9.59 Å². The van der Waals surface area contributed by atoms with E-state index in [1.807, 2.05) is 11.4 Å². The Balaban J connectivity index is 1.52. The Hall–Kier alpha value is -1.40. The van der Waals surface area contributed by atoms with Crippen molar-refractivity contribution in [2.45, 2.75) is 26.2 Å². The second-order valence-corrected chi connectivity index (χ2v) is 6.81. The molecule has 0 aliphatic carbocycles. The number of nitrogens with one attached hydrogen (secondary N) is 2. The molecule has 2 N–H and O–H groups in total. The molecular formula is C16H25N3O2S. The second kappa shape index (κ2) is 8.90. The highest BCUT2D eigenvalue weighted by Gasteiger charge is 2.15. The standard InChI is InChI=1S/C16H25N3O2S/c1-13-5-9-19(10-6-13)11-8-17-15(20)4-7-18-16(21)14-3-2-12-22-14/h2-3,12-13H,4-11H2,1H3,(H,17,20)(H,18,21). The van der Waals surface area contributed by atoms with Crippen LogP contribution in [0.25, 0.3) is 0 Å². The van der Waals surface area contributed by atoms with E-state index in [4.69, 9.17) is 0 Å². The lowest BCUT2D eigenvalue weighted by molar-refractivity contribution is -0.121. The van der Waals surface area contributed by atoms with E-state index in [9.17, 15) is 9.59 Å². The van der Waals surface area contributed by atoms with E-state index in [-0.39, 0.29) is 11.8 Å². The predicted molar refractivity (Wildman–Crippen MR) is 89.1 cm³/mol. The molecular weight excluding hydrogens is 298 g/mol. The number of amides is 2.